The Balaban J connectivity index is 1.37. The molecular weight excluding hydrogens is 358 g/mol. The lowest BCUT2D eigenvalue weighted by molar-refractivity contribution is 0.0746. The van der Waals surface area contributed by atoms with Gasteiger partial charge in [0.05, 0.1) is 32.2 Å². The van der Waals surface area contributed by atoms with Gasteiger partial charge in [-0.25, -0.2) is 0 Å². The number of hydrogen-bond acceptors (Lipinski definition) is 7. The van der Waals surface area contributed by atoms with E-state index in [1.807, 2.05) is 29.2 Å². The Labute approximate surface area is 164 Å². The maximum absolute atomic E-state index is 12.7. The van der Waals surface area contributed by atoms with E-state index < -0.39 is 0 Å². The van der Waals surface area contributed by atoms with Crippen LogP contribution in [-0.4, -0.2) is 80.6 Å². The lowest BCUT2D eigenvalue weighted by Crippen LogP contribution is -2.49. The van der Waals surface area contributed by atoms with Gasteiger partial charge in [0.1, 0.15) is 5.75 Å². The molecule has 2 aliphatic heterocycles. The number of amides is 1. The first-order valence-corrected chi connectivity index (χ1v) is 9.58. The van der Waals surface area contributed by atoms with Crippen molar-refractivity contribution in [2.24, 2.45) is 0 Å². The molecule has 28 heavy (non-hydrogen) atoms. The van der Waals surface area contributed by atoms with Gasteiger partial charge in [0.15, 0.2) is 5.82 Å². The molecule has 0 radical (unpaired) electrons. The van der Waals surface area contributed by atoms with Crippen molar-refractivity contribution < 1.29 is 14.3 Å². The third-order valence-corrected chi connectivity index (χ3v) is 5.23. The number of carbonyl (C=O) groups excluding carboxylic acids is 1. The van der Waals surface area contributed by atoms with Crippen LogP contribution in [0.15, 0.2) is 36.5 Å². The van der Waals surface area contributed by atoms with Gasteiger partial charge in [0.2, 0.25) is 0 Å². The van der Waals surface area contributed by atoms with Gasteiger partial charge >= 0.3 is 0 Å². The van der Waals surface area contributed by atoms with Crippen LogP contribution in [-0.2, 0) is 4.74 Å². The third kappa shape index (κ3) is 4.01. The number of aromatic nitrogens is 2. The molecule has 148 valence electrons. The Hall–Kier alpha value is -2.87. The summed E-state index contributed by atoms with van der Waals surface area (Å²) in [5.74, 6) is 1.70. The second-order valence-corrected chi connectivity index (χ2v) is 6.88. The number of morpholine rings is 1. The highest BCUT2D eigenvalue weighted by atomic mass is 16.5. The summed E-state index contributed by atoms with van der Waals surface area (Å²) >= 11 is 0. The van der Waals surface area contributed by atoms with E-state index in [1.165, 1.54) is 0 Å². The number of ether oxygens (including phenoxy) is 2. The van der Waals surface area contributed by atoms with Gasteiger partial charge < -0.3 is 24.2 Å². The standard InChI is InChI=1S/C20H25N5O3/c1-27-18-4-2-16(3-5-18)20(26)25-8-6-23(7-9-25)17-14-19(22-21-15-17)24-10-12-28-13-11-24/h2-5,14-15H,6-13H2,1H3. The number of benzene rings is 1. The smallest absolute Gasteiger partial charge is 0.253 e. The fourth-order valence-corrected chi connectivity index (χ4v) is 3.55. The summed E-state index contributed by atoms with van der Waals surface area (Å²) < 4.78 is 10.6. The van der Waals surface area contributed by atoms with Crippen LogP contribution in [0.3, 0.4) is 0 Å². The number of carbonyl (C=O) groups is 1. The molecule has 0 atom stereocenters. The van der Waals surface area contributed by atoms with E-state index in [1.54, 1.807) is 13.3 Å². The number of nitrogens with zero attached hydrogens (tertiary/aromatic N) is 5. The highest BCUT2D eigenvalue weighted by molar-refractivity contribution is 5.94. The zero-order chi connectivity index (χ0) is 19.3. The van der Waals surface area contributed by atoms with Crippen LogP contribution >= 0.6 is 0 Å². The minimum atomic E-state index is 0.0594. The summed E-state index contributed by atoms with van der Waals surface area (Å²) in [4.78, 5) is 19.1. The van der Waals surface area contributed by atoms with Crippen molar-refractivity contribution >= 4 is 17.4 Å². The van der Waals surface area contributed by atoms with E-state index in [9.17, 15) is 4.79 Å². The molecule has 2 fully saturated rings. The van der Waals surface area contributed by atoms with E-state index in [0.29, 0.717) is 18.7 Å². The van der Waals surface area contributed by atoms with E-state index in [4.69, 9.17) is 9.47 Å². The molecule has 0 bridgehead atoms. The largest absolute Gasteiger partial charge is 0.497 e. The molecule has 3 heterocycles. The minimum absolute atomic E-state index is 0.0594. The van der Waals surface area contributed by atoms with Gasteiger partial charge in [-0.2, -0.15) is 5.10 Å². The van der Waals surface area contributed by atoms with Crippen LogP contribution in [0.1, 0.15) is 10.4 Å². The monoisotopic (exact) mass is 383 g/mol. The van der Waals surface area contributed by atoms with Crippen molar-refractivity contribution in [3.63, 3.8) is 0 Å². The maximum atomic E-state index is 12.7. The lowest BCUT2D eigenvalue weighted by Gasteiger charge is -2.36. The van der Waals surface area contributed by atoms with Crippen LogP contribution in [0.5, 0.6) is 5.75 Å². The predicted molar refractivity (Wildman–Crippen MR) is 106 cm³/mol. The summed E-state index contributed by atoms with van der Waals surface area (Å²) in [5.41, 5.74) is 1.74. The van der Waals surface area contributed by atoms with Crippen molar-refractivity contribution in [3.8, 4) is 5.75 Å². The molecule has 0 spiro atoms. The molecule has 4 rings (SSSR count). The van der Waals surface area contributed by atoms with Crippen molar-refractivity contribution in [3.05, 3.63) is 42.1 Å². The van der Waals surface area contributed by atoms with Gasteiger partial charge in [-0.3, -0.25) is 4.79 Å². The molecule has 0 N–H and O–H groups in total. The number of rotatable bonds is 4. The molecule has 2 aliphatic rings. The van der Waals surface area contributed by atoms with Crippen LogP contribution < -0.4 is 14.5 Å². The lowest BCUT2D eigenvalue weighted by atomic mass is 10.1. The summed E-state index contributed by atoms with van der Waals surface area (Å²) in [6.07, 6.45) is 1.80. The van der Waals surface area contributed by atoms with Crippen LogP contribution in [0, 0.1) is 0 Å². The van der Waals surface area contributed by atoms with Gasteiger partial charge in [-0.15, -0.1) is 5.10 Å². The Kier molecular flexibility index (Phi) is 5.57. The Morgan fingerprint density at radius 3 is 2.39 bits per heavy atom. The molecule has 0 unspecified atom stereocenters. The number of piperazine rings is 1. The van der Waals surface area contributed by atoms with Crippen LogP contribution in [0.2, 0.25) is 0 Å². The molecule has 0 saturated carbocycles. The predicted octanol–water partition coefficient (Wildman–Crippen LogP) is 1.28. The normalized spacial score (nSPS) is 17.5. The summed E-state index contributed by atoms with van der Waals surface area (Å²) in [6, 6.07) is 9.35. The van der Waals surface area contributed by atoms with E-state index in [2.05, 4.69) is 26.1 Å². The van der Waals surface area contributed by atoms with Crippen molar-refractivity contribution in [2.45, 2.75) is 0 Å². The first-order valence-electron chi connectivity index (χ1n) is 9.58. The Bertz CT molecular complexity index is 800. The van der Waals surface area contributed by atoms with Crippen LogP contribution in [0.4, 0.5) is 11.5 Å². The minimum Gasteiger partial charge on any atom is -0.497 e. The third-order valence-electron chi connectivity index (χ3n) is 5.23. The topological polar surface area (TPSA) is 71.0 Å². The van der Waals surface area contributed by atoms with E-state index in [-0.39, 0.29) is 5.91 Å². The first-order chi connectivity index (χ1) is 13.7. The quantitative estimate of drug-likeness (QED) is 0.788. The van der Waals surface area contributed by atoms with Gasteiger partial charge in [-0.05, 0) is 24.3 Å². The highest BCUT2D eigenvalue weighted by Crippen LogP contribution is 2.22. The SMILES string of the molecule is COc1ccc(C(=O)N2CCN(c3cnnc(N4CCOCC4)c3)CC2)cc1. The highest BCUT2D eigenvalue weighted by Gasteiger charge is 2.23. The van der Waals surface area contributed by atoms with Crippen molar-refractivity contribution in [1.82, 2.24) is 15.1 Å². The van der Waals surface area contributed by atoms with Gasteiger partial charge in [0.25, 0.3) is 5.91 Å². The van der Waals surface area contributed by atoms with Gasteiger partial charge in [-0.1, -0.05) is 0 Å². The van der Waals surface area contributed by atoms with Gasteiger partial charge in [0, 0.05) is 50.9 Å². The fraction of sp³-hybridized carbons (Fsp3) is 0.450. The zero-order valence-corrected chi connectivity index (χ0v) is 16.1. The molecule has 0 aliphatic carbocycles. The number of anilines is 2. The zero-order valence-electron chi connectivity index (χ0n) is 16.1. The molecular formula is C20H25N5O3. The maximum Gasteiger partial charge on any atom is 0.253 e. The molecule has 1 aromatic heterocycles. The Morgan fingerprint density at radius 1 is 1.00 bits per heavy atom. The second-order valence-electron chi connectivity index (χ2n) is 6.88. The second kappa shape index (κ2) is 8.43. The molecule has 8 nitrogen and oxygen atoms in total. The summed E-state index contributed by atoms with van der Waals surface area (Å²) in [6.45, 7) is 6.02. The molecule has 8 heteroatoms. The Morgan fingerprint density at radius 2 is 1.71 bits per heavy atom. The number of methoxy groups -OCH3 is 1. The van der Waals surface area contributed by atoms with Crippen molar-refractivity contribution in [1.29, 1.82) is 0 Å². The van der Waals surface area contributed by atoms with E-state index >= 15 is 0 Å². The first kappa shape index (κ1) is 18.5. The average Bonchev–Trinajstić information content (AvgIpc) is 2.79. The van der Waals surface area contributed by atoms with E-state index in [0.717, 1.165) is 56.6 Å². The molecule has 1 aromatic carbocycles. The molecule has 2 saturated heterocycles. The van der Waals surface area contributed by atoms with Crippen LogP contribution in [0.25, 0.3) is 0 Å². The average molecular weight is 383 g/mol. The summed E-state index contributed by atoms with van der Waals surface area (Å²) in [7, 11) is 1.62. The summed E-state index contributed by atoms with van der Waals surface area (Å²) in [5, 5.41) is 8.46. The number of hydrogen-bond donors (Lipinski definition) is 0. The molecule has 1 amide bonds. The fourth-order valence-electron chi connectivity index (χ4n) is 3.55. The van der Waals surface area contributed by atoms with Crippen molar-refractivity contribution in [2.75, 3.05) is 69.4 Å². The molecule has 2 aromatic rings.